The van der Waals surface area contributed by atoms with E-state index in [0.717, 1.165) is 16.8 Å². The van der Waals surface area contributed by atoms with Crippen molar-refractivity contribution in [1.82, 2.24) is 15.2 Å². The number of amides is 2. The third kappa shape index (κ3) is 3.54. The molecule has 0 saturated carbocycles. The molecule has 0 aliphatic carbocycles. The van der Waals surface area contributed by atoms with E-state index in [0.29, 0.717) is 25.1 Å². The largest absolute Gasteiger partial charge is 0.378 e. The lowest BCUT2D eigenvalue weighted by molar-refractivity contribution is -0.127. The van der Waals surface area contributed by atoms with Crippen molar-refractivity contribution in [2.45, 2.75) is 19.4 Å². The van der Waals surface area contributed by atoms with E-state index >= 15 is 0 Å². The molecule has 1 aliphatic rings. The smallest absolute Gasteiger partial charge is 0.256 e. The summed E-state index contributed by atoms with van der Waals surface area (Å²) in [7, 11) is 3.99. The van der Waals surface area contributed by atoms with Crippen LogP contribution in [0.5, 0.6) is 0 Å². The minimum absolute atomic E-state index is 0.0875. The van der Waals surface area contributed by atoms with Crippen molar-refractivity contribution in [3.8, 4) is 11.1 Å². The van der Waals surface area contributed by atoms with Crippen LogP contribution in [-0.2, 0) is 4.79 Å². The molecule has 0 radical (unpaired) electrons. The molecule has 6 heteroatoms. The summed E-state index contributed by atoms with van der Waals surface area (Å²) in [6.45, 7) is 2.92. The molecule has 2 aromatic rings. The molecule has 2 amide bonds. The highest BCUT2D eigenvalue weighted by molar-refractivity contribution is 5.98. The lowest BCUT2D eigenvalue weighted by Crippen LogP contribution is -2.56. The fourth-order valence-electron chi connectivity index (χ4n) is 3.20. The van der Waals surface area contributed by atoms with Gasteiger partial charge in [0.25, 0.3) is 5.91 Å². The first-order valence-corrected chi connectivity index (χ1v) is 8.82. The van der Waals surface area contributed by atoms with Gasteiger partial charge in [0.15, 0.2) is 0 Å². The van der Waals surface area contributed by atoms with E-state index in [4.69, 9.17) is 0 Å². The Labute approximate surface area is 153 Å². The molecule has 1 aliphatic heterocycles. The predicted octanol–water partition coefficient (Wildman–Crippen LogP) is 2.17. The second kappa shape index (κ2) is 7.56. The molecule has 1 aromatic carbocycles. The second-order valence-corrected chi connectivity index (χ2v) is 6.62. The third-order valence-corrected chi connectivity index (χ3v) is 4.68. The Balaban J connectivity index is 1.86. The number of piperazine rings is 1. The van der Waals surface area contributed by atoms with Crippen LogP contribution in [0.2, 0.25) is 0 Å². The molecule has 3 rings (SSSR count). The maximum Gasteiger partial charge on any atom is 0.256 e. The number of hydrogen-bond acceptors (Lipinski definition) is 4. The van der Waals surface area contributed by atoms with E-state index in [-0.39, 0.29) is 11.8 Å². The van der Waals surface area contributed by atoms with Gasteiger partial charge in [-0.25, -0.2) is 0 Å². The van der Waals surface area contributed by atoms with Crippen LogP contribution in [0, 0.1) is 0 Å². The van der Waals surface area contributed by atoms with Crippen molar-refractivity contribution in [3.63, 3.8) is 0 Å². The lowest BCUT2D eigenvalue weighted by atomic mass is 10.0. The normalized spacial score (nSPS) is 17.0. The van der Waals surface area contributed by atoms with Gasteiger partial charge in [-0.1, -0.05) is 19.1 Å². The zero-order chi connectivity index (χ0) is 18.7. The van der Waals surface area contributed by atoms with Crippen LogP contribution in [0.25, 0.3) is 11.1 Å². The Morgan fingerprint density at radius 1 is 1.23 bits per heavy atom. The lowest BCUT2D eigenvalue weighted by Gasteiger charge is -2.34. The van der Waals surface area contributed by atoms with Crippen molar-refractivity contribution in [1.29, 1.82) is 0 Å². The number of hydrogen-bond donors (Lipinski definition) is 1. The molecule has 6 nitrogen and oxygen atoms in total. The monoisotopic (exact) mass is 352 g/mol. The Morgan fingerprint density at radius 2 is 1.96 bits per heavy atom. The first-order valence-electron chi connectivity index (χ1n) is 8.82. The van der Waals surface area contributed by atoms with Gasteiger partial charge < -0.3 is 15.1 Å². The summed E-state index contributed by atoms with van der Waals surface area (Å²) in [5.41, 5.74) is 3.50. The first-order chi connectivity index (χ1) is 12.5. The molecule has 1 saturated heterocycles. The molecule has 1 aromatic heterocycles. The minimum atomic E-state index is -0.417. The number of carbonyl (C=O) groups is 2. The van der Waals surface area contributed by atoms with Crippen LogP contribution in [0.1, 0.15) is 23.7 Å². The quantitative estimate of drug-likeness (QED) is 0.916. The van der Waals surface area contributed by atoms with E-state index in [2.05, 4.69) is 10.3 Å². The van der Waals surface area contributed by atoms with Gasteiger partial charge in [-0.3, -0.25) is 14.6 Å². The van der Waals surface area contributed by atoms with Gasteiger partial charge in [0, 0.05) is 50.8 Å². The van der Waals surface area contributed by atoms with Crippen molar-refractivity contribution in [2.24, 2.45) is 0 Å². The summed E-state index contributed by atoms with van der Waals surface area (Å²) >= 11 is 0. The highest BCUT2D eigenvalue weighted by atomic mass is 16.2. The van der Waals surface area contributed by atoms with Gasteiger partial charge in [0.05, 0.1) is 5.56 Å². The van der Waals surface area contributed by atoms with Crippen LogP contribution in [0.15, 0.2) is 42.7 Å². The summed E-state index contributed by atoms with van der Waals surface area (Å²) < 4.78 is 0. The fraction of sp³-hybridized carbons (Fsp3) is 0.350. The predicted molar refractivity (Wildman–Crippen MR) is 102 cm³/mol. The van der Waals surface area contributed by atoms with Crippen molar-refractivity contribution >= 4 is 17.5 Å². The van der Waals surface area contributed by atoms with Crippen LogP contribution >= 0.6 is 0 Å². The van der Waals surface area contributed by atoms with Crippen molar-refractivity contribution in [2.75, 3.05) is 32.1 Å². The molecular formula is C20H24N4O2. The third-order valence-electron chi connectivity index (χ3n) is 4.68. The number of rotatable bonds is 4. The zero-order valence-corrected chi connectivity index (χ0v) is 15.4. The number of carbonyl (C=O) groups excluding carboxylic acids is 2. The molecule has 0 bridgehead atoms. The molecule has 1 unspecified atom stereocenters. The van der Waals surface area contributed by atoms with E-state index in [1.165, 1.54) is 0 Å². The van der Waals surface area contributed by atoms with Gasteiger partial charge >= 0.3 is 0 Å². The fourth-order valence-corrected chi connectivity index (χ4v) is 3.20. The maximum atomic E-state index is 12.9. The summed E-state index contributed by atoms with van der Waals surface area (Å²) in [6, 6.07) is 9.53. The maximum absolute atomic E-state index is 12.9. The standard InChI is InChI=1S/C20H24N4O2/c1-4-18-19(25)22-9-10-24(18)20(26)16-11-15(12-21-13-16)14-5-7-17(8-6-14)23(2)3/h5-8,11-13,18H,4,9-10H2,1-3H3,(H,22,25). The molecular weight excluding hydrogens is 328 g/mol. The summed E-state index contributed by atoms with van der Waals surface area (Å²) in [4.78, 5) is 32.9. The van der Waals surface area contributed by atoms with Gasteiger partial charge in [-0.2, -0.15) is 0 Å². The number of nitrogens with zero attached hydrogens (tertiary/aromatic N) is 3. The summed E-state index contributed by atoms with van der Waals surface area (Å²) in [5, 5.41) is 2.82. The van der Waals surface area contributed by atoms with Crippen LogP contribution in [-0.4, -0.2) is 54.9 Å². The van der Waals surface area contributed by atoms with E-state index in [9.17, 15) is 9.59 Å². The van der Waals surface area contributed by atoms with Crippen molar-refractivity contribution in [3.05, 3.63) is 48.3 Å². The van der Waals surface area contributed by atoms with Gasteiger partial charge in [-0.15, -0.1) is 0 Å². The minimum Gasteiger partial charge on any atom is -0.378 e. The number of pyridine rings is 1. The second-order valence-electron chi connectivity index (χ2n) is 6.62. The molecule has 26 heavy (non-hydrogen) atoms. The average molecular weight is 352 g/mol. The van der Waals surface area contributed by atoms with Crippen LogP contribution in [0.4, 0.5) is 5.69 Å². The Hall–Kier alpha value is -2.89. The average Bonchev–Trinajstić information content (AvgIpc) is 2.67. The SMILES string of the molecule is CCC1C(=O)NCCN1C(=O)c1cncc(-c2ccc(N(C)C)cc2)c1. The number of anilines is 1. The van der Waals surface area contributed by atoms with Gasteiger partial charge in [-0.05, 0) is 30.2 Å². The van der Waals surface area contributed by atoms with Crippen LogP contribution in [0.3, 0.4) is 0 Å². The summed E-state index contributed by atoms with van der Waals surface area (Å²) in [5.74, 6) is -0.235. The molecule has 1 atom stereocenters. The Bertz CT molecular complexity index is 802. The van der Waals surface area contributed by atoms with Gasteiger partial charge in [0.2, 0.25) is 5.91 Å². The van der Waals surface area contributed by atoms with Crippen molar-refractivity contribution < 1.29 is 9.59 Å². The number of benzene rings is 1. The van der Waals surface area contributed by atoms with Gasteiger partial charge in [0.1, 0.15) is 6.04 Å². The summed E-state index contributed by atoms with van der Waals surface area (Å²) in [6.07, 6.45) is 3.91. The molecule has 1 N–H and O–H groups in total. The zero-order valence-electron chi connectivity index (χ0n) is 15.4. The number of aromatic nitrogens is 1. The van der Waals surface area contributed by atoms with E-state index in [1.54, 1.807) is 17.3 Å². The Morgan fingerprint density at radius 3 is 2.62 bits per heavy atom. The highest BCUT2D eigenvalue weighted by Gasteiger charge is 2.32. The van der Waals surface area contributed by atoms with E-state index in [1.807, 2.05) is 56.3 Å². The first kappa shape index (κ1) is 17.9. The molecule has 0 spiro atoms. The molecule has 136 valence electrons. The topological polar surface area (TPSA) is 65.5 Å². The highest BCUT2D eigenvalue weighted by Crippen LogP contribution is 2.23. The van der Waals surface area contributed by atoms with E-state index < -0.39 is 6.04 Å². The number of nitrogens with one attached hydrogen (secondary N) is 1. The Kier molecular flexibility index (Phi) is 5.21. The van der Waals surface area contributed by atoms with Crippen LogP contribution < -0.4 is 10.2 Å². The molecule has 2 heterocycles. The molecule has 1 fully saturated rings.